The highest BCUT2D eigenvalue weighted by molar-refractivity contribution is 4.17. The Morgan fingerprint density at radius 1 is 1.33 bits per heavy atom. The molecule has 0 aliphatic heterocycles. The zero-order valence-corrected chi connectivity index (χ0v) is 7.13. The predicted octanol–water partition coefficient (Wildman–Crippen LogP) is -6.12. The SMILES string of the molecule is Cn1nc[n+](C)n1.[O-][Cl+3]([O-])([O-])[O-]. The Balaban J connectivity index is 0.000000217. The van der Waals surface area contributed by atoms with Gasteiger partial charge in [0.25, 0.3) is 6.33 Å². The number of aryl methyl sites for hydroxylation is 2. The molecule has 0 saturated heterocycles. The fourth-order valence-corrected chi connectivity index (χ4v) is 0.400. The van der Waals surface area contributed by atoms with Gasteiger partial charge in [-0.2, -0.15) is 0 Å². The molecular formula is C3H7ClN4O4. The second-order valence-electron chi connectivity index (χ2n) is 1.76. The number of aromatic nitrogens is 4. The Kier molecular flexibility index (Phi) is 4.00. The third-order valence-corrected chi connectivity index (χ3v) is 0.656. The predicted molar refractivity (Wildman–Crippen MR) is 22.2 cm³/mol. The number of hydrogen-bond acceptors (Lipinski definition) is 6. The van der Waals surface area contributed by atoms with Crippen molar-refractivity contribution in [2.45, 2.75) is 0 Å². The second-order valence-corrected chi connectivity index (χ2v) is 2.52. The first-order valence-corrected chi connectivity index (χ1v) is 3.86. The van der Waals surface area contributed by atoms with Crippen LogP contribution in [0.15, 0.2) is 6.33 Å². The highest BCUT2D eigenvalue weighted by atomic mass is 35.7. The lowest BCUT2D eigenvalue weighted by atomic mass is 11.2. The third kappa shape index (κ3) is 9.20. The molecule has 0 aliphatic rings. The highest BCUT2D eigenvalue weighted by Gasteiger charge is 1.92. The molecule has 8 nitrogen and oxygen atoms in total. The molecular weight excluding hydrogens is 192 g/mol. The standard InChI is InChI=1S/C3H7N4.ClHO4/c1-6-3-4-7(2)5-6;2-1(3,4)5/h3H,1-2H3;(H,2,3,4,5)/q+1;/p-1. The fraction of sp³-hybridized carbons (Fsp3) is 0.667. The van der Waals surface area contributed by atoms with Gasteiger partial charge in [0.15, 0.2) is 0 Å². The lowest BCUT2D eigenvalue weighted by molar-refractivity contribution is -2.00. The summed E-state index contributed by atoms with van der Waals surface area (Å²) < 4.78 is 35.6. The summed E-state index contributed by atoms with van der Waals surface area (Å²) in [6.07, 6.45) is 1.64. The maximum Gasteiger partial charge on any atom is 0.285 e. The number of hydrogen-bond donors (Lipinski definition) is 0. The molecule has 1 aromatic heterocycles. The summed E-state index contributed by atoms with van der Waals surface area (Å²) >= 11 is 0. The van der Waals surface area contributed by atoms with Gasteiger partial charge in [0, 0.05) is 0 Å². The largest absolute Gasteiger partial charge is 0.285 e. The summed E-state index contributed by atoms with van der Waals surface area (Å²) in [5.74, 6) is 0. The van der Waals surface area contributed by atoms with Gasteiger partial charge in [-0.3, -0.25) is 0 Å². The van der Waals surface area contributed by atoms with Crippen LogP contribution in [-0.2, 0) is 14.1 Å². The van der Waals surface area contributed by atoms with Gasteiger partial charge in [-0.05, 0) is 4.80 Å². The van der Waals surface area contributed by atoms with Gasteiger partial charge in [0.2, 0.25) is 0 Å². The number of rotatable bonds is 0. The Morgan fingerprint density at radius 3 is 1.83 bits per heavy atom. The van der Waals surface area contributed by atoms with E-state index in [2.05, 4.69) is 10.3 Å². The van der Waals surface area contributed by atoms with Crippen LogP contribution >= 0.6 is 0 Å². The molecule has 1 heterocycles. The van der Waals surface area contributed by atoms with Gasteiger partial charge in [0.1, 0.15) is 7.05 Å². The van der Waals surface area contributed by atoms with Gasteiger partial charge in [0.05, 0.1) is 17.4 Å². The number of halogens is 1. The number of nitrogens with zero attached hydrogens (tertiary/aromatic N) is 4. The maximum atomic E-state index is 8.49. The minimum absolute atomic E-state index is 1.50. The molecule has 0 aliphatic carbocycles. The van der Waals surface area contributed by atoms with Crippen molar-refractivity contribution in [2.24, 2.45) is 14.1 Å². The van der Waals surface area contributed by atoms with Crippen molar-refractivity contribution in [3.63, 3.8) is 0 Å². The van der Waals surface area contributed by atoms with Gasteiger partial charge < -0.3 is 0 Å². The molecule has 0 bridgehead atoms. The molecule has 0 spiro atoms. The molecule has 0 amide bonds. The van der Waals surface area contributed by atoms with Crippen LogP contribution in [0.25, 0.3) is 0 Å². The minimum Gasteiger partial charge on any atom is -0.222 e. The minimum atomic E-state index is -4.94. The van der Waals surface area contributed by atoms with Crippen molar-refractivity contribution in [3.05, 3.63) is 6.33 Å². The van der Waals surface area contributed by atoms with Gasteiger partial charge >= 0.3 is 0 Å². The average Bonchev–Trinajstić information content (AvgIpc) is 2.09. The normalized spacial score (nSPS) is 10.5. The molecule has 1 aromatic rings. The topological polar surface area (TPSA) is 127 Å². The van der Waals surface area contributed by atoms with Crippen LogP contribution in [0.2, 0.25) is 0 Å². The zero-order chi connectivity index (χ0) is 9.78. The summed E-state index contributed by atoms with van der Waals surface area (Å²) in [5, 5.41) is 7.62. The van der Waals surface area contributed by atoms with Crippen molar-refractivity contribution in [2.75, 3.05) is 0 Å². The van der Waals surface area contributed by atoms with E-state index in [1.54, 1.807) is 18.1 Å². The van der Waals surface area contributed by atoms with Gasteiger partial charge in [-0.25, -0.2) is 18.6 Å². The molecule has 70 valence electrons. The van der Waals surface area contributed by atoms with Crippen molar-refractivity contribution in [3.8, 4) is 0 Å². The summed E-state index contributed by atoms with van der Waals surface area (Å²) in [6, 6.07) is 0. The van der Waals surface area contributed by atoms with Crippen molar-refractivity contribution >= 4 is 0 Å². The monoisotopic (exact) mass is 198 g/mol. The first-order valence-electron chi connectivity index (χ1n) is 2.63. The van der Waals surface area contributed by atoms with Crippen molar-refractivity contribution in [1.82, 2.24) is 15.1 Å². The lowest BCUT2D eigenvalue weighted by Crippen LogP contribution is -2.68. The van der Waals surface area contributed by atoms with E-state index in [-0.39, 0.29) is 0 Å². The van der Waals surface area contributed by atoms with Crippen molar-refractivity contribution < 1.29 is 33.6 Å². The summed E-state index contributed by atoms with van der Waals surface area (Å²) in [4.78, 5) is 1.50. The Bertz CT molecular complexity index is 210. The molecule has 0 saturated carbocycles. The zero-order valence-electron chi connectivity index (χ0n) is 6.38. The summed E-state index contributed by atoms with van der Waals surface area (Å²) in [5.41, 5.74) is 0. The van der Waals surface area contributed by atoms with E-state index >= 15 is 0 Å². The van der Waals surface area contributed by atoms with E-state index in [1.807, 2.05) is 7.05 Å². The molecule has 0 aromatic carbocycles. The van der Waals surface area contributed by atoms with E-state index in [1.165, 1.54) is 4.80 Å². The molecule has 0 atom stereocenters. The average molecular weight is 199 g/mol. The maximum absolute atomic E-state index is 8.49. The van der Waals surface area contributed by atoms with Gasteiger partial charge in [-0.1, -0.05) is 0 Å². The van der Waals surface area contributed by atoms with Crippen LogP contribution in [-0.4, -0.2) is 15.1 Å². The molecule has 1 rings (SSSR count). The summed E-state index contributed by atoms with van der Waals surface area (Å²) in [6.45, 7) is 0. The molecule has 12 heavy (non-hydrogen) atoms. The van der Waals surface area contributed by atoms with Crippen LogP contribution in [0, 0.1) is 10.2 Å². The summed E-state index contributed by atoms with van der Waals surface area (Å²) in [7, 11) is -1.34. The molecule has 0 fully saturated rings. The van der Waals surface area contributed by atoms with E-state index in [0.717, 1.165) is 0 Å². The van der Waals surface area contributed by atoms with E-state index in [4.69, 9.17) is 18.6 Å². The van der Waals surface area contributed by atoms with Crippen LogP contribution in [0.5, 0.6) is 0 Å². The van der Waals surface area contributed by atoms with Crippen LogP contribution in [0.3, 0.4) is 0 Å². The van der Waals surface area contributed by atoms with Crippen LogP contribution in [0.4, 0.5) is 0 Å². The first-order chi connectivity index (χ1) is 5.29. The molecule has 0 unspecified atom stereocenters. The molecule has 9 heteroatoms. The lowest BCUT2D eigenvalue weighted by Gasteiger charge is -2.17. The van der Waals surface area contributed by atoms with Gasteiger partial charge in [-0.15, -0.1) is 14.9 Å². The van der Waals surface area contributed by atoms with E-state index < -0.39 is 10.2 Å². The number of tetrazole rings is 1. The first kappa shape index (κ1) is 11.2. The van der Waals surface area contributed by atoms with E-state index in [9.17, 15) is 0 Å². The Hall–Kier alpha value is -0.800. The van der Waals surface area contributed by atoms with Crippen LogP contribution in [0.1, 0.15) is 0 Å². The van der Waals surface area contributed by atoms with Crippen LogP contribution < -0.4 is 23.3 Å². The molecule has 0 radical (unpaired) electrons. The Morgan fingerprint density at radius 2 is 1.75 bits per heavy atom. The fourth-order valence-electron chi connectivity index (χ4n) is 0.400. The third-order valence-electron chi connectivity index (χ3n) is 0.656. The van der Waals surface area contributed by atoms with Crippen molar-refractivity contribution in [1.29, 1.82) is 0 Å². The Labute approximate surface area is 70.0 Å². The van der Waals surface area contributed by atoms with E-state index in [0.29, 0.717) is 0 Å². The smallest absolute Gasteiger partial charge is 0.222 e. The highest BCUT2D eigenvalue weighted by Crippen LogP contribution is 1.53. The quantitative estimate of drug-likeness (QED) is 0.382. The molecule has 0 N–H and O–H groups in total. The second kappa shape index (κ2) is 4.28.